The van der Waals surface area contributed by atoms with Gasteiger partial charge in [-0.15, -0.1) is 0 Å². The second kappa shape index (κ2) is 4.56. The number of carbonyl (C=O) groups excluding carboxylic acids is 1. The molecule has 0 radical (unpaired) electrons. The summed E-state index contributed by atoms with van der Waals surface area (Å²) in [5.74, 6) is -0.451. The highest BCUT2D eigenvalue weighted by Gasteiger charge is 2.36. The molecule has 2 N–H and O–H groups in total. The predicted molar refractivity (Wildman–Crippen MR) is 73.6 cm³/mol. The van der Waals surface area contributed by atoms with Crippen LogP contribution in [0.5, 0.6) is 0 Å². The minimum absolute atomic E-state index is 0.0191. The summed E-state index contributed by atoms with van der Waals surface area (Å²) < 4.78 is 0. The highest BCUT2D eigenvalue weighted by atomic mass is 35.5. The number of carbonyl (C=O) groups is 1. The molecule has 6 heteroatoms. The molecule has 1 unspecified atom stereocenters. The zero-order valence-corrected chi connectivity index (χ0v) is 11.2. The Morgan fingerprint density at radius 2 is 2.11 bits per heavy atom. The van der Waals surface area contributed by atoms with E-state index >= 15 is 0 Å². The number of aromatic amines is 1. The second-order valence-electron chi connectivity index (χ2n) is 4.37. The van der Waals surface area contributed by atoms with Crippen molar-refractivity contribution in [2.24, 2.45) is 0 Å². The number of halogens is 2. The molecule has 0 spiro atoms. The summed E-state index contributed by atoms with van der Waals surface area (Å²) in [7, 11) is 0. The molecule has 1 atom stereocenters. The van der Waals surface area contributed by atoms with E-state index < -0.39 is 12.1 Å². The summed E-state index contributed by atoms with van der Waals surface area (Å²) >= 11 is 11.5. The number of aliphatic hydroxyl groups excluding tert-OH is 1. The van der Waals surface area contributed by atoms with Gasteiger partial charge in [-0.05, 0) is 29.1 Å². The summed E-state index contributed by atoms with van der Waals surface area (Å²) in [6.07, 6.45) is 0.683. The fraction of sp³-hybridized carbons (Fsp3) is 0.154. The number of nitrogens with one attached hydrogen (secondary N) is 1. The van der Waals surface area contributed by atoms with E-state index in [-0.39, 0.29) is 16.6 Å². The Labute approximate surface area is 119 Å². The Bertz CT molecular complexity index is 693. The molecule has 1 aliphatic heterocycles. The Morgan fingerprint density at radius 3 is 2.79 bits per heavy atom. The molecule has 0 saturated heterocycles. The van der Waals surface area contributed by atoms with E-state index in [9.17, 15) is 9.90 Å². The van der Waals surface area contributed by atoms with E-state index in [1.165, 1.54) is 4.90 Å². The molecule has 1 aromatic heterocycles. The van der Waals surface area contributed by atoms with Gasteiger partial charge in [-0.1, -0.05) is 29.3 Å². The van der Waals surface area contributed by atoms with Gasteiger partial charge < -0.3 is 15.0 Å². The van der Waals surface area contributed by atoms with Crippen molar-refractivity contribution in [3.63, 3.8) is 0 Å². The molecule has 2 heterocycles. The SMILES string of the molecule is O=C1C(Cl)=C(Cl)C(O)N1Cc1ccc2[nH]ccc2c1. The smallest absolute Gasteiger partial charge is 0.269 e. The first-order valence-electron chi connectivity index (χ1n) is 5.68. The van der Waals surface area contributed by atoms with Gasteiger partial charge in [0.25, 0.3) is 5.91 Å². The van der Waals surface area contributed by atoms with Gasteiger partial charge in [-0.3, -0.25) is 4.79 Å². The average molecular weight is 297 g/mol. The van der Waals surface area contributed by atoms with Crippen molar-refractivity contribution in [3.05, 3.63) is 46.1 Å². The second-order valence-corrected chi connectivity index (χ2v) is 5.15. The van der Waals surface area contributed by atoms with Gasteiger partial charge in [0, 0.05) is 18.3 Å². The van der Waals surface area contributed by atoms with Crippen LogP contribution in [0.3, 0.4) is 0 Å². The Kier molecular flexibility index (Phi) is 3.01. The van der Waals surface area contributed by atoms with E-state index in [1.807, 2.05) is 30.5 Å². The normalized spacial score (nSPS) is 19.8. The largest absolute Gasteiger partial charge is 0.368 e. The van der Waals surface area contributed by atoms with Gasteiger partial charge in [-0.25, -0.2) is 0 Å². The lowest BCUT2D eigenvalue weighted by molar-refractivity contribution is -0.132. The minimum atomic E-state index is -1.16. The third kappa shape index (κ3) is 2.02. The predicted octanol–water partition coefficient (Wildman–Crippen LogP) is 2.52. The molecule has 0 bridgehead atoms. The molecule has 1 amide bonds. The van der Waals surface area contributed by atoms with Crippen molar-refractivity contribution in [2.75, 3.05) is 0 Å². The Hall–Kier alpha value is -1.49. The van der Waals surface area contributed by atoms with Gasteiger partial charge in [-0.2, -0.15) is 0 Å². The molecular weight excluding hydrogens is 287 g/mol. The zero-order valence-electron chi connectivity index (χ0n) is 9.73. The Balaban J connectivity index is 1.88. The van der Waals surface area contributed by atoms with Gasteiger partial charge in [0.05, 0.1) is 5.03 Å². The van der Waals surface area contributed by atoms with E-state index in [4.69, 9.17) is 23.2 Å². The van der Waals surface area contributed by atoms with Crippen molar-refractivity contribution in [1.29, 1.82) is 0 Å². The number of aliphatic hydroxyl groups is 1. The lowest BCUT2D eigenvalue weighted by atomic mass is 10.1. The van der Waals surface area contributed by atoms with Crippen molar-refractivity contribution < 1.29 is 9.90 Å². The van der Waals surface area contributed by atoms with Crippen LogP contribution >= 0.6 is 23.2 Å². The zero-order chi connectivity index (χ0) is 13.6. The molecule has 98 valence electrons. The number of nitrogens with zero attached hydrogens (tertiary/aromatic N) is 1. The Morgan fingerprint density at radius 1 is 1.32 bits per heavy atom. The fourth-order valence-electron chi connectivity index (χ4n) is 2.15. The third-order valence-electron chi connectivity index (χ3n) is 3.15. The lowest BCUT2D eigenvalue weighted by Gasteiger charge is -2.21. The maximum Gasteiger partial charge on any atom is 0.269 e. The molecule has 19 heavy (non-hydrogen) atoms. The molecule has 0 aliphatic carbocycles. The average Bonchev–Trinajstić information content (AvgIpc) is 2.94. The van der Waals surface area contributed by atoms with Crippen molar-refractivity contribution >= 4 is 40.0 Å². The summed E-state index contributed by atoms with van der Waals surface area (Å²) in [6, 6.07) is 7.71. The highest BCUT2D eigenvalue weighted by Crippen LogP contribution is 2.31. The molecule has 2 aromatic rings. The van der Waals surface area contributed by atoms with Crippen molar-refractivity contribution in [1.82, 2.24) is 9.88 Å². The quantitative estimate of drug-likeness (QED) is 0.895. The summed E-state index contributed by atoms with van der Waals surface area (Å²) in [6.45, 7) is 0.258. The van der Waals surface area contributed by atoms with Gasteiger partial charge in [0.1, 0.15) is 5.03 Å². The molecule has 1 aromatic carbocycles. The monoisotopic (exact) mass is 296 g/mol. The number of H-pyrrole nitrogens is 1. The van der Waals surface area contributed by atoms with Crippen LogP contribution in [0.25, 0.3) is 10.9 Å². The third-order valence-corrected chi connectivity index (χ3v) is 4.00. The summed E-state index contributed by atoms with van der Waals surface area (Å²) in [5, 5.41) is 10.8. The number of rotatable bonds is 2. The first kappa shape index (κ1) is 12.5. The summed E-state index contributed by atoms with van der Waals surface area (Å²) in [4.78, 5) is 16.2. The first-order valence-corrected chi connectivity index (χ1v) is 6.44. The van der Waals surface area contributed by atoms with Crippen LogP contribution in [0.2, 0.25) is 0 Å². The van der Waals surface area contributed by atoms with Crippen LogP contribution in [-0.2, 0) is 11.3 Å². The van der Waals surface area contributed by atoms with Gasteiger partial charge >= 0.3 is 0 Å². The first-order chi connectivity index (χ1) is 9.08. The molecular formula is C13H10Cl2N2O2. The summed E-state index contributed by atoms with van der Waals surface area (Å²) in [5.41, 5.74) is 1.92. The van der Waals surface area contributed by atoms with Gasteiger partial charge in [0.2, 0.25) is 0 Å². The van der Waals surface area contributed by atoms with Crippen molar-refractivity contribution in [2.45, 2.75) is 12.8 Å². The van der Waals surface area contributed by atoms with E-state index in [0.29, 0.717) is 0 Å². The van der Waals surface area contributed by atoms with Gasteiger partial charge in [0.15, 0.2) is 6.23 Å². The number of aromatic nitrogens is 1. The fourth-order valence-corrected chi connectivity index (χ4v) is 2.55. The number of fused-ring (bicyclic) bond motifs is 1. The minimum Gasteiger partial charge on any atom is -0.368 e. The van der Waals surface area contributed by atoms with Crippen LogP contribution in [0.1, 0.15) is 5.56 Å². The number of benzene rings is 1. The molecule has 4 nitrogen and oxygen atoms in total. The van der Waals surface area contributed by atoms with E-state index in [1.54, 1.807) is 0 Å². The van der Waals surface area contributed by atoms with Crippen LogP contribution in [0, 0.1) is 0 Å². The van der Waals surface area contributed by atoms with Crippen LogP contribution in [-0.4, -0.2) is 27.1 Å². The lowest BCUT2D eigenvalue weighted by Crippen LogP contribution is -2.34. The van der Waals surface area contributed by atoms with Crippen molar-refractivity contribution in [3.8, 4) is 0 Å². The molecule has 3 rings (SSSR count). The maximum atomic E-state index is 11.8. The number of amides is 1. The maximum absolute atomic E-state index is 11.8. The standard InChI is InChI=1S/C13H10Cl2N2O2/c14-10-11(15)13(19)17(12(10)18)6-7-1-2-9-8(5-7)3-4-16-9/h1-5,12,16,18H,6H2. The van der Waals surface area contributed by atoms with E-state index in [0.717, 1.165) is 16.5 Å². The molecule has 0 saturated carbocycles. The van der Waals surface area contributed by atoms with E-state index in [2.05, 4.69) is 4.98 Å². The molecule has 1 aliphatic rings. The van der Waals surface area contributed by atoms with Crippen LogP contribution < -0.4 is 0 Å². The van der Waals surface area contributed by atoms with Crippen LogP contribution in [0.4, 0.5) is 0 Å². The number of hydrogen-bond donors (Lipinski definition) is 2. The topological polar surface area (TPSA) is 56.3 Å². The number of hydrogen-bond acceptors (Lipinski definition) is 2. The highest BCUT2D eigenvalue weighted by molar-refractivity contribution is 6.49. The van der Waals surface area contributed by atoms with Crippen LogP contribution in [0.15, 0.2) is 40.5 Å². The molecule has 0 fully saturated rings.